The van der Waals surface area contributed by atoms with Gasteiger partial charge in [-0.15, -0.1) is 0 Å². The summed E-state index contributed by atoms with van der Waals surface area (Å²) < 4.78 is 16.3. The smallest absolute Gasteiger partial charge is 0.224 e. The van der Waals surface area contributed by atoms with Gasteiger partial charge in [-0.05, 0) is 13.0 Å². The molecule has 152 valence electrons. The van der Waals surface area contributed by atoms with Crippen molar-refractivity contribution >= 4 is 0 Å². The van der Waals surface area contributed by atoms with Crippen LogP contribution in [-0.2, 0) is 14.2 Å². The molecule has 11 nitrogen and oxygen atoms in total. The Morgan fingerprint density at radius 1 is 0.846 bits per heavy atom. The van der Waals surface area contributed by atoms with Crippen molar-refractivity contribution in [3.05, 3.63) is 12.2 Å². The average molecular weight is 382 g/mol. The van der Waals surface area contributed by atoms with E-state index in [2.05, 4.69) is 0 Å². The van der Waals surface area contributed by atoms with Crippen LogP contribution < -0.4 is 0 Å². The Kier molecular flexibility index (Phi) is 6.75. The van der Waals surface area contributed by atoms with Crippen molar-refractivity contribution in [2.24, 2.45) is 0 Å². The second-order valence-electron chi connectivity index (χ2n) is 6.33. The Morgan fingerprint density at radius 2 is 1.42 bits per heavy atom. The fraction of sp³-hybridized carbons (Fsp3) is 0.867. The first-order chi connectivity index (χ1) is 12.2. The number of rotatable bonds is 6. The van der Waals surface area contributed by atoms with Crippen molar-refractivity contribution in [2.75, 3.05) is 19.8 Å². The molecular weight excluding hydrogens is 356 g/mol. The molecule has 2 aliphatic heterocycles. The van der Waals surface area contributed by atoms with E-state index in [0.717, 1.165) is 6.08 Å². The number of aliphatic hydroxyl groups is 8. The van der Waals surface area contributed by atoms with Crippen molar-refractivity contribution < 1.29 is 55.1 Å². The highest BCUT2D eigenvalue weighted by molar-refractivity contribution is 5.10. The molecule has 2 heterocycles. The van der Waals surface area contributed by atoms with E-state index in [-0.39, 0.29) is 0 Å². The normalized spacial score (nSPS) is 49.8. The monoisotopic (exact) mass is 382 g/mol. The highest BCUT2D eigenvalue weighted by Crippen LogP contribution is 2.41. The molecule has 26 heavy (non-hydrogen) atoms. The minimum atomic E-state index is -2.31. The summed E-state index contributed by atoms with van der Waals surface area (Å²) in [4.78, 5) is 0. The summed E-state index contributed by atoms with van der Waals surface area (Å²) in [5.74, 6) is -4.55. The third-order valence-electron chi connectivity index (χ3n) is 4.62. The molecule has 0 aromatic heterocycles. The molecule has 0 bridgehead atoms. The largest absolute Gasteiger partial charge is 0.394 e. The van der Waals surface area contributed by atoms with Gasteiger partial charge in [-0.1, -0.05) is 6.08 Å². The molecule has 2 saturated heterocycles. The summed E-state index contributed by atoms with van der Waals surface area (Å²) in [6, 6.07) is 0. The number of allylic oxidation sites excluding steroid dienone is 1. The van der Waals surface area contributed by atoms with Gasteiger partial charge in [-0.2, -0.15) is 0 Å². The van der Waals surface area contributed by atoms with Gasteiger partial charge in [0.25, 0.3) is 0 Å². The molecule has 11 heteroatoms. The van der Waals surface area contributed by atoms with Crippen molar-refractivity contribution in [3.63, 3.8) is 0 Å². The zero-order valence-electron chi connectivity index (χ0n) is 14.1. The molecule has 0 aliphatic carbocycles. The van der Waals surface area contributed by atoms with Crippen molar-refractivity contribution in [1.29, 1.82) is 0 Å². The van der Waals surface area contributed by atoms with Gasteiger partial charge in [0, 0.05) is 0 Å². The van der Waals surface area contributed by atoms with Crippen LogP contribution in [0, 0.1) is 0 Å². The number of aliphatic hydroxyl groups excluding tert-OH is 8. The summed E-state index contributed by atoms with van der Waals surface area (Å²) in [6.45, 7) is -0.899. The van der Waals surface area contributed by atoms with Gasteiger partial charge >= 0.3 is 0 Å². The lowest BCUT2D eigenvalue weighted by atomic mass is 9.91. The molecule has 0 amide bonds. The van der Waals surface area contributed by atoms with Gasteiger partial charge in [-0.3, -0.25) is 0 Å². The first kappa shape index (κ1) is 21.6. The zero-order valence-corrected chi connectivity index (χ0v) is 14.1. The summed E-state index contributed by atoms with van der Waals surface area (Å²) >= 11 is 0. The number of hydrogen-bond acceptors (Lipinski definition) is 11. The fourth-order valence-electron chi connectivity index (χ4n) is 3.18. The zero-order chi connectivity index (χ0) is 19.7. The van der Waals surface area contributed by atoms with E-state index in [1.165, 1.54) is 13.0 Å². The summed E-state index contributed by atoms with van der Waals surface area (Å²) in [6.07, 6.45) is -8.92. The lowest BCUT2D eigenvalue weighted by molar-refractivity contribution is -0.416. The van der Waals surface area contributed by atoms with Gasteiger partial charge in [0.1, 0.15) is 49.3 Å². The minimum Gasteiger partial charge on any atom is -0.394 e. The van der Waals surface area contributed by atoms with Gasteiger partial charge in [0.2, 0.25) is 11.6 Å². The Morgan fingerprint density at radius 3 is 1.88 bits per heavy atom. The van der Waals surface area contributed by atoms with Crippen LogP contribution in [0.4, 0.5) is 0 Å². The summed E-state index contributed by atoms with van der Waals surface area (Å²) in [5.41, 5.74) is 0. The number of ether oxygens (including phenoxy) is 3. The predicted molar refractivity (Wildman–Crippen MR) is 82.4 cm³/mol. The highest BCUT2D eigenvalue weighted by Gasteiger charge is 2.62. The first-order valence-corrected chi connectivity index (χ1v) is 8.14. The molecule has 0 saturated carbocycles. The maximum Gasteiger partial charge on any atom is 0.224 e. The maximum atomic E-state index is 10.4. The van der Waals surface area contributed by atoms with Crippen LogP contribution in [0.5, 0.6) is 0 Å². The van der Waals surface area contributed by atoms with E-state index in [1.807, 2.05) is 0 Å². The van der Waals surface area contributed by atoms with Crippen molar-refractivity contribution in [3.8, 4) is 0 Å². The van der Waals surface area contributed by atoms with E-state index in [4.69, 9.17) is 14.2 Å². The van der Waals surface area contributed by atoms with Crippen LogP contribution in [0.3, 0.4) is 0 Å². The molecule has 2 aliphatic rings. The minimum absolute atomic E-state index is 0.691. The van der Waals surface area contributed by atoms with Gasteiger partial charge in [0.05, 0.1) is 13.2 Å². The third-order valence-corrected chi connectivity index (χ3v) is 4.62. The van der Waals surface area contributed by atoms with Crippen LogP contribution in [0.15, 0.2) is 12.2 Å². The van der Waals surface area contributed by atoms with Gasteiger partial charge in [0.15, 0.2) is 0 Å². The molecule has 0 radical (unpaired) electrons. The van der Waals surface area contributed by atoms with E-state index in [1.54, 1.807) is 0 Å². The summed E-state index contributed by atoms with van der Waals surface area (Å²) in [5, 5.41) is 78.9. The quantitative estimate of drug-likeness (QED) is 0.207. The molecule has 9 atom stereocenters. The highest BCUT2D eigenvalue weighted by atomic mass is 16.8. The average Bonchev–Trinajstić information content (AvgIpc) is 2.88. The fourth-order valence-corrected chi connectivity index (χ4v) is 3.18. The Hall–Kier alpha value is -0.700. The molecular formula is C15H26O11. The standard InChI is InChI=1S/C15H26O11/c1-2-3-14(13(23)11(21)9(19)7(4-16)24-14)26-15(6-18)12(22)10(20)8(5-17)25-15/h2-3,7-13,16-23H,4-6H2,1H3/b3-2+/t7-,8-,9-,10-,11+,12+,13-,14+,15?/m1/s1. The molecule has 2 fully saturated rings. The predicted octanol–water partition coefficient (Wildman–Crippen LogP) is -4.45. The van der Waals surface area contributed by atoms with Crippen LogP contribution in [0.2, 0.25) is 0 Å². The van der Waals surface area contributed by atoms with Crippen molar-refractivity contribution in [1.82, 2.24) is 0 Å². The van der Waals surface area contributed by atoms with E-state index >= 15 is 0 Å². The van der Waals surface area contributed by atoms with Crippen LogP contribution in [-0.4, -0.2) is 115 Å². The maximum absolute atomic E-state index is 10.4. The summed E-state index contributed by atoms with van der Waals surface area (Å²) in [7, 11) is 0. The molecule has 2 rings (SSSR count). The molecule has 0 spiro atoms. The van der Waals surface area contributed by atoms with Gasteiger partial charge in [-0.25, -0.2) is 0 Å². The Labute approximate surface area is 149 Å². The van der Waals surface area contributed by atoms with E-state index in [9.17, 15) is 40.9 Å². The van der Waals surface area contributed by atoms with E-state index in [0.29, 0.717) is 0 Å². The lowest BCUT2D eigenvalue weighted by Crippen LogP contribution is -2.68. The second-order valence-corrected chi connectivity index (χ2v) is 6.33. The Bertz CT molecular complexity index is 500. The third kappa shape index (κ3) is 3.41. The molecule has 0 aromatic carbocycles. The first-order valence-electron chi connectivity index (χ1n) is 8.14. The topological polar surface area (TPSA) is 190 Å². The van der Waals surface area contributed by atoms with Crippen LogP contribution in [0.1, 0.15) is 6.92 Å². The SMILES string of the molecule is C/C=C/[C@@]1(OC2(CO)O[C@H](CO)[C@@H](O)[C@@H]2O)O[C@H](CO)[C@@H](O)[C@H](O)[C@H]1O. The lowest BCUT2D eigenvalue weighted by Gasteiger charge is -2.49. The van der Waals surface area contributed by atoms with Crippen LogP contribution >= 0.6 is 0 Å². The molecule has 8 N–H and O–H groups in total. The van der Waals surface area contributed by atoms with Crippen LogP contribution in [0.25, 0.3) is 0 Å². The van der Waals surface area contributed by atoms with Crippen molar-refractivity contribution in [2.45, 2.75) is 61.2 Å². The second kappa shape index (κ2) is 8.12. The van der Waals surface area contributed by atoms with Gasteiger partial charge < -0.3 is 55.1 Å². The number of hydrogen-bond donors (Lipinski definition) is 8. The molecule has 0 aromatic rings. The van der Waals surface area contributed by atoms with E-state index < -0.39 is 74.1 Å². The Balaban J connectivity index is 2.43. The molecule has 1 unspecified atom stereocenters.